The van der Waals surface area contributed by atoms with Crippen LogP contribution in [0, 0.1) is 5.92 Å². The van der Waals surface area contributed by atoms with Crippen LogP contribution in [0.4, 0.5) is 5.69 Å². The minimum absolute atomic E-state index is 0. The standard InChI is InChI=1S/C21H27N3O2.ClH/c1-15(2)20(24-19(25)14-17-6-4-3-5-7-17)21(26)23-13-12-16-8-10-18(22)11-9-16;/h3-11,15,20H,12-14,22H2,1-2H3,(H,23,26)(H,24,25);1H. The molecular formula is C21H28ClN3O2. The van der Waals surface area contributed by atoms with Crippen molar-refractivity contribution >= 4 is 29.9 Å². The van der Waals surface area contributed by atoms with Crippen molar-refractivity contribution in [3.8, 4) is 0 Å². The Morgan fingerprint density at radius 2 is 1.59 bits per heavy atom. The molecular weight excluding hydrogens is 362 g/mol. The van der Waals surface area contributed by atoms with Crippen LogP contribution in [0.25, 0.3) is 0 Å². The number of carbonyl (C=O) groups excluding carboxylic acids is 2. The summed E-state index contributed by atoms with van der Waals surface area (Å²) in [6.45, 7) is 4.36. The van der Waals surface area contributed by atoms with Gasteiger partial charge in [0.2, 0.25) is 11.8 Å². The molecule has 2 amide bonds. The summed E-state index contributed by atoms with van der Waals surface area (Å²) < 4.78 is 0. The number of hydrogen-bond donors (Lipinski definition) is 3. The third-order valence-corrected chi connectivity index (χ3v) is 4.17. The fourth-order valence-electron chi connectivity index (χ4n) is 2.66. The van der Waals surface area contributed by atoms with Gasteiger partial charge >= 0.3 is 0 Å². The lowest BCUT2D eigenvalue weighted by Gasteiger charge is -2.22. The molecule has 2 rings (SSSR count). The highest BCUT2D eigenvalue weighted by Crippen LogP contribution is 2.07. The number of nitrogens with two attached hydrogens (primary N) is 1. The average Bonchev–Trinajstić information content (AvgIpc) is 2.62. The van der Waals surface area contributed by atoms with Crippen LogP contribution < -0.4 is 16.4 Å². The van der Waals surface area contributed by atoms with Crippen LogP contribution in [-0.4, -0.2) is 24.4 Å². The van der Waals surface area contributed by atoms with Gasteiger partial charge in [0.25, 0.3) is 0 Å². The van der Waals surface area contributed by atoms with E-state index >= 15 is 0 Å². The first kappa shape index (κ1) is 22.5. The summed E-state index contributed by atoms with van der Waals surface area (Å²) in [6.07, 6.45) is 0.984. The highest BCUT2D eigenvalue weighted by atomic mass is 35.5. The van der Waals surface area contributed by atoms with Gasteiger partial charge in [0.15, 0.2) is 0 Å². The number of halogens is 1. The van der Waals surface area contributed by atoms with Gasteiger partial charge in [-0.1, -0.05) is 56.3 Å². The Kier molecular flexibility index (Phi) is 9.37. The van der Waals surface area contributed by atoms with Gasteiger partial charge in [-0.25, -0.2) is 0 Å². The minimum Gasteiger partial charge on any atom is -0.399 e. The van der Waals surface area contributed by atoms with Crippen LogP contribution in [0.15, 0.2) is 54.6 Å². The molecule has 0 bridgehead atoms. The van der Waals surface area contributed by atoms with Gasteiger partial charge in [0.1, 0.15) is 6.04 Å². The van der Waals surface area contributed by atoms with E-state index in [1.54, 1.807) is 0 Å². The van der Waals surface area contributed by atoms with Gasteiger partial charge in [0, 0.05) is 12.2 Å². The van der Waals surface area contributed by atoms with Crippen LogP contribution in [0.5, 0.6) is 0 Å². The Bertz CT molecular complexity index is 718. The van der Waals surface area contributed by atoms with E-state index in [1.165, 1.54) is 0 Å². The summed E-state index contributed by atoms with van der Waals surface area (Å²) in [5.41, 5.74) is 8.42. The summed E-state index contributed by atoms with van der Waals surface area (Å²) in [6, 6.07) is 16.5. The summed E-state index contributed by atoms with van der Waals surface area (Å²) in [7, 11) is 0. The predicted molar refractivity (Wildman–Crippen MR) is 112 cm³/mol. The summed E-state index contributed by atoms with van der Waals surface area (Å²) in [5, 5.41) is 5.76. The molecule has 0 heterocycles. The number of benzene rings is 2. The van der Waals surface area contributed by atoms with Crippen molar-refractivity contribution in [2.24, 2.45) is 5.92 Å². The number of amides is 2. The Labute approximate surface area is 167 Å². The van der Waals surface area contributed by atoms with Crippen LogP contribution in [-0.2, 0) is 22.4 Å². The molecule has 2 aromatic rings. The molecule has 0 aliphatic heterocycles. The molecule has 0 saturated heterocycles. The van der Waals surface area contributed by atoms with Crippen molar-refractivity contribution in [2.45, 2.75) is 32.7 Å². The Hall–Kier alpha value is -2.53. The topological polar surface area (TPSA) is 84.2 Å². The second-order valence-electron chi connectivity index (χ2n) is 6.73. The van der Waals surface area contributed by atoms with Gasteiger partial charge in [-0.2, -0.15) is 0 Å². The second-order valence-corrected chi connectivity index (χ2v) is 6.73. The fraction of sp³-hybridized carbons (Fsp3) is 0.333. The van der Waals surface area contributed by atoms with E-state index in [2.05, 4.69) is 10.6 Å². The van der Waals surface area contributed by atoms with E-state index in [0.29, 0.717) is 6.54 Å². The van der Waals surface area contributed by atoms with Crippen molar-refractivity contribution in [1.29, 1.82) is 0 Å². The molecule has 1 atom stereocenters. The first-order valence-electron chi connectivity index (χ1n) is 8.91. The molecule has 2 aromatic carbocycles. The quantitative estimate of drug-likeness (QED) is 0.607. The predicted octanol–water partition coefficient (Wildman–Crippen LogP) is 2.73. The SMILES string of the molecule is CC(C)C(NC(=O)Cc1ccccc1)C(=O)NCCc1ccc(N)cc1.Cl. The number of anilines is 1. The van der Waals surface area contributed by atoms with E-state index < -0.39 is 6.04 Å². The largest absolute Gasteiger partial charge is 0.399 e. The van der Waals surface area contributed by atoms with Crippen LogP contribution in [0.3, 0.4) is 0 Å². The summed E-state index contributed by atoms with van der Waals surface area (Å²) in [4.78, 5) is 24.7. The lowest BCUT2D eigenvalue weighted by atomic mass is 10.0. The van der Waals surface area contributed by atoms with E-state index in [-0.39, 0.29) is 36.6 Å². The van der Waals surface area contributed by atoms with Gasteiger partial charge in [-0.3, -0.25) is 9.59 Å². The van der Waals surface area contributed by atoms with Crippen molar-refractivity contribution in [3.05, 3.63) is 65.7 Å². The fourth-order valence-corrected chi connectivity index (χ4v) is 2.66. The van der Waals surface area contributed by atoms with Gasteiger partial charge < -0.3 is 16.4 Å². The highest BCUT2D eigenvalue weighted by molar-refractivity contribution is 5.88. The molecule has 0 spiro atoms. The number of nitrogen functional groups attached to an aromatic ring is 1. The third-order valence-electron chi connectivity index (χ3n) is 4.17. The number of carbonyl (C=O) groups is 2. The zero-order valence-corrected chi connectivity index (χ0v) is 16.6. The molecule has 0 aliphatic carbocycles. The zero-order valence-electron chi connectivity index (χ0n) is 15.8. The van der Waals surface area contributed by atoms with Gasteiger partial charge in [-0.15, -0.1) is 12.4 Å². The Morgan fingerprint density at radius 1 is 0.963 bits per heavy atom. The first-order valence-corrected chi connectivity index (χ1v) is 8.91. The van der Waals surface area contributed by atoms with Crippen LogP contribution in [0.2, 0.25) is 0 Å². The maximum atomic E-state index is 12.5. The maximum Gasteiger partial charge on any atom is 0.242 e. The zero-order chi connectivity index (χ0) is 18.9. The smallest absolute Gasteiger partial charge is 0.242 e. The van der Waals surface area contributed by atoms with E-state index in [4.69, 9.17) is 5.73 Å². The molecule has 146 valence electrons. The van der Waals surface area contributed by atoms with Crippen LogP contribution >= 0.6 is 12.4 Å². The lowest BCUT2D eigenvalue weighted by molar-refractivity contribution is -0.129. The molecule has 0 aromatic heterocycles. The molecule has 0 fully saturated rings. The highest BCUT2D eigenvalue weighted by Gasteiger charge is 2.23. The first-order chi connectivity index (χ1) is 12.5. The monoisotopic (exact) mass is 389 g/mol. The van der Waals surface area contributed by atoms with E-state index in [9.17, 15) is 9.59 Å². The summed E-state index contributed by atoms with van der Waals surface area (Å²) in [5.74, 6) is -0.299. The molecule has 1 unspecified atom stereocenters. The second kappa shape index (κ2) is 11.2. The molecule has 0 saturated carbocycles. The van der Waals surface area contributed by atoms with Crippen molar-refractivity contribution in [2.75, 3.05) is 12.3 Å². The lowest BCUT2D eigenvalue weighted by Crippen LogP contribution is -2.50. The van der Waals surface area contributed by atoms with Crippen molar-refractivity contribution in [1.82, 2.24) is 10.6 Å². The molecule has 0 radical (unpaired) electrons. The normalized spacial score (nSPS) is 11.4. The van der Waals surface area contributed by atoms with E-state index in [1.807, 2.05) is 68.4 Å². The van der Waals surface area contributed by atoms with Crippen molar-refractivity contribution < 1.29 is 9.59 Å². The molecule has 6 heteroatoms. The Balaban J connectivity index is 0.00000364. The average molecular weight is 390 g/mol. The number of rotatable bonds is 8. The molecule has 0 aliphatic rings. The number of hydrogen-bond acceptors (Lipinski definition) is 3. The molecule has 5 nitrogen and oxygen atoms in total. The van der Waals surface area contributed by atoms with E-state index in [0.717, 1.165) is 23.2 Å². The van der Waals surface area contributed by atoms with Gasteiger partial charge in [0.05, 0.1) is 6.42 Å². The Morgan fingerprint density at radius 3 is 2.19 bits per heavy atom. The molecule has 4 N–H and O–H groups in total. The maximum absolute atomic E-state index is 12.5. The third kappa shape index (κ3) is 7.71. The van der Waals surface area contributed by atoms with Crippen molar-refractivity contribution in [3.63, 3.8) is 0 Å². The summed E-state index contributed by atoms with van der Waals surface area (Å²) >= 11 is 0. The number of nitrogens with one attached hydrogen (secondary N) is 2. The minimum atomic E-state index is -0.544. The molecule has 27 heavy (non-hydrogen) atoms. The van der Waals surface area contributed by atoms with Crippen LogP contribution in [0.1, 0.15) is 25.0 Å². The van der Waals surface area contributed by atoms with Gasteiger partial charge in [-0.05, 0) is 35.6 Å².